The molecule has 1 aromatic heterocycles. The third-order valence-corrected chi connectivity index (χ3v) is 4.01. The van der Waals surface area contributed by atoms with Gasteiger partial charge in [-0.3, -0.25) is 15.1 Å². The number of carbonyl (C=O) groups excluding carboxylic acids is 1. The Balaban J connectivity index is 1.84. The summed E-state index contributed by atoms with van der Waals surface area (Å²) in [4.78, 5) is 21.3. The quantitative estimate of drug-likeness (QED) is 0.526. The molecular formula is C22H22N4O2. The molecule has 0 atom stereocenters. The van der Waals surface area contributed by atoms with Crippen molar-refractivity contribution in [3.8, 4) is 5.75 Å². The summed E-state index contributed by atoms with van der Waals surface area (Å²) in [6.45, 7) is 2.32. The Morgan fingerprint density at radius 3 is 2.71 bits per heavy atom. The van der Waals surface area contributed by atoms with Gasteiger partial charge in [-0.25, -0.2) is 4.99 Å². The summed E-state index contributed by atoms with van der Waals surface area (Å²) in [7, 11) is 1.60. The van der Waals surface area contributed by atoms with Gasteiger partial charge in [0.1, 0.15) is 5.75 Å². The first-order valence-electron chi connectivity index (χ1n) is 8.87. The lowest BCUT2D eigenvalue weighted by Gasteiger charge is -2.14. The Bertz CT molecular complexity index is 971. The summed E-state index contributed by atoms with van der Waals surface area (Å²) in [6, 6.07) is 18.6. The Morgan fingerprint density at radius 1 is 1.11 bits per heavy atom. The van der Waals surface area contributed by atoms with Crippen LogP contribution in [0.25, 0.3) is 0 Å². The fraction of sp³-hybridized carbons (Fsp3) is 0.136. The predicted octanol–water partition coefficient (Wildman–Crippen LogP) is 3.80. The van der Waals surface area contributed by atoms with Crippen molar-refractivity contribution in [3.05, 3.63) is 89.7 Å². The standard InChI is InChI=1S/C22H22N4O2/c1-16-7-5-9-18(13-16)21(27)26-22(24-15-17-8-6-12-23-14-17)25-19-10-3-4-11-20(19)28-2/h3-14H,15H2,1-2H3,(H2,24,25,26,27). The van der Waals surface area contributed by atoms with Gasteiger partial charge in [-0.1, -0.05) is 35.9 Å². The maximum absolute atomic E-state index is 12.7. The molecule has 3 aromatic rings. The molecule has 0 aliphatic heterocycles. The number of nitrogens with one attached hydrogen (secondary N) is 2. The lowest BCUT2D eigenvalue weighted by Crippen LogP contribution is -2.36. The van der Waals surface area contributed by atoms with E-state index in [1.807, 2.05) is 61.5 Å². The van der Waals surface area contributed by atoms with E-state index in [4.69, 9.17) is 4.74 Å². The van der Waals surface area contributed by atoms with Crippen LogP contribution < -0.4 is 15.4 Å². The van der Waals surface area contributed by atoms with Crippen molar-refractivity contribution in [3.63, 3.8) is 0 Å². The van der Waals surface area contributed by atoms with Crippen LogP contribution in [0.1, 0.15) is 21.5 Å². The second kappa shape index (κ2) is 9.32. The van der Waals surface area contributed by atoms with Gasteiger partial charge in [0.15, 0.2) is 0 Å². The highest BCUT2D eigenvalue weighted by Crippen LogP contribution is 2.22. The van der Waals surface area contributed by atoms with Crippen LogP contribution in [0.2, 0.25) is 0 Å². The first-order chi connectivity index (χ1) is 13.7. The number of nitrogens with zero attached hydrogens (tertiary/aromatic N) is 2. The molecule has 0 aliphatic carbocycles. The summed E-state index contributed by atoms with van der Waals surface area (Å²) in [5, 5.41) is 6.01. The van der Waals surface area contributed by atoms with Gasteiger partial charge in [0, 0.05) is 18.0 Å². The Labute approximate surface area is 164 Å². The van der Waals surface area contributed by atoms with Gasteiger partial charge in [0.25, 0.3) is 5.91 Å². The number of anilines is 1. The number of aryl methyl sites for hydroxylation is 1. The van der Waals surface area contributed by atoms with E-state index in [1.54, 1.807) is 25.6 Å². The number of carbonyl (C=O) groups is 1. The third kappa shape index (κ3) is 5.17. The van der Waals surface area contributed by atoms with E-state index in [9.17, 15) is 4.79 Å². The normalized spacial score (nSPS) is 11.0. The number of rotatable bonds is 5. The van der Waals surface area contributed by atoms with E-state index in [-0.39, 0.29) is 5.91 Å². The van der Waals surface area contributed by atoms with Crippen LogP contribution in [0.5, 0.6) is 5.75 Å². The topological polar surface area (TPSA) is 75.6 Å². The van der Waals surface area contributed by atoms with Crippen LogP contribution in [0.15, 0.2) is 78.0 Å². The molecule has 2 aromatic carbocycles. The van der Waals surface area contributed by atoms with Gasteiger partial charge in [0.2, 0.25) is 5.96 Å². The van der Waals surface area contributed by atoms with E-state index < -0.39 is 0 Å². The van der Waals surface area contributed by atoms with Gasteiger partial charge in [-0.15, -0.1) is 0 Å². The van der Waals surface area contributed by atoms with Gasteiger partial charge >= 0.3 is 0 Å². The first kappa shape index (κ1) is 19.1. The molecule has 28 heavy (non-hydrogen) atoms. The molecule has 142 valence electrons. The van der Waals surface area contributed by atoms with E-state index >= 15 is 0 Å². The van der Waals surface area contributed by atoms with Crippen molar-refractivity contribution in [2.75, 3.05) is 12.4 Å². The number of hydrogen-bond donors (Lipinski definition) is 2. The van der Waals surface area contributed by atoms with Crippen molar-refractivity contribution < 1.29 is 9.53 Å². The van der Waals surface area contributed by atoms with Gasteiger partial charge < -0.3 is 10.1 Å². The zero-order valence-corrected chi connectivity index (χ0v) is 15.8. The Kier molecular flexibility index (Phi) is 6.36. The number of pyridine rings is 1. The molecule has 0 radical (unpaired) electrons. The zero-order valence-electron chi connectivity index (χ0n) is 15.8. The monoisotopic (exact) mass is 374 g/mol. The lowest BCUT2D eigenvalue weighted by molar-refractivity contribution is 0.0977. The van der Waals surface area contributed by atoms with Crippen LogP contribution in [0.3, 0.4) is 0 Å². The van der Waals surface area contributed by atoms with Gasteiger partial charge in [0.05, 0.1) is 19.3 Å². The molecule has 3 rings (SSSR count). The number of para-hydroxylation sites is 2. The number of amides is 1. The average Bonchev–Trinajstić information content (AvgIpc) is 2.73. The minimum Gasteiger partial charge on any atom is -0.495 e. The van der Waals surface area contributed by atoms with Crippen LogP contribution >= 0.6 is 0 Å². The van der Waals surface area contributed by atoms with Gasteiger partial charge in [-0.2, -0.15) is 0 Å². The van der Waals surface area contributed by atoms with E-state index in [0.29, 0.717) is 29.5 Å². The van der Waals surface area contributed by atoms with Crippen LogP contribution in [-0.2, 0) is 6.54 Å². The second-order valence-electron chi connectivity index (χ2n) is 6.17. The summed E-state index contributed by atoms with van der Waals surface area (Å²) in [6.07, 6.45) is 3.45. The van der Waals surface area contributed by atoms with Crippen LogP contribution in [-0.4, -0.2) is 24.0 Å². The SMILES string of the molecule is COc1ccccc1NC(=NCc1cccnc1)NC(=O)c1cccc(C)c1. The fourth-order valence-electron chi connectivity index (χ4n) is 2.61. The maximum atomic E-state index is 12.7. The fourth-order valence-corrected chi connectivity index (χ4v) is 2.61. The molecular weight excluding hydrogens is 352 g/mol. The molecule has 0 saturated heterocycles. The summed E-state index contributed by atoms with van der Waals surface area (Å²) >= 11 is 0. The number of aliphatic imine (C=N–C) groups is 1. The smallest absolute Gasteiger partial charge is 0.257 e. The highest BCUT2D eigenvalue weighted by atomic mass is 16.5. The largest absolute Gasteiger partial charge is 0.495 e. The number of ether oxygens (including phenoxy) is 1. The molecule has 0 fully saturated rings. The summed E-state index contributed by atoms with van der Waals surface area (Å²) in [5.41, 5.74) is 3.22. The minimum atomic E-state index is -0.240. The molecule has 2 N–H and O–H groups in total. The number of aromatic nitrogens is 1. The van der Waals surface area contributed by atoms with Crippen LogP contribution in [0, 0.1) is 6.92 Å². The van der Waals surface area contributed by atoms with E-state index in [2.05, 4.69) is 20.6 Å². The number of hydrogen-bond acceptors (Lipinski definition) is 4. The zero-order chi connectivity index (χ0) is 19.8. The molecule has 0 saturated carbocycles. The van der Waals surface area contributed by atoms with E-state index in [0.717, 1.165) is 11.1 Å². The Morgan fingerprint density at radius 2 is 1.96 bits per heavy atom. The molecule has 6 heteroatoms. The summed E-state index contributed by atoms with van der Waals surface area (Å²) in [5.74, 6) is 0.747. The molecule has 1 heterocycles. The van der Waals surface area contributed by atoms with Crippen molar-refractivity contribution in [1.82, 2.24) is 10.3 Å². The lowest BCUT2D eigenvalue weighted by atomic mass is 10.1. The molecule has 1 amide bonds. The number of methoxy groups -OCH3 is 1. The Hall–Kier alpha value is -3.67. The number of benzene rings is 2. The molecule has 0 spiro atoms. The maximum Gasteiger partial charge on any atom is 0.257 e. The van der Waals surface area contributed by atoms with Crippen molar-refractivity contribution in [2.45, 2.75) is 13.5 Å². The highest BCUT2D eigenvalue weighted by molar-refractivity contribution is 6.10. The van der Waals surface area contributed by atoms with Crippen molar-refractivity contribution in [2.24, 2.45) is 4.99 Å². The minimum absolute atomic E-state index is 0.240. The van der Waals surface area contributed by atoms with Crippen molar-refractivity contribution >= 4 is 17.6 Å². The first-order valence-corrected chi connectivity index (χ1v) is 8.87. The molecule has 0 bridgehead atoms. The number of guanidine groups is 1. The average molecular weight is 374 g/mol. The van der Waals surface area contributed by atoms with Crippen molar-refractivity contribution in [1.29, 1.82) is 0 Å². The van der Waals surface area contributed by atoms with E-state index in [1.165, 1.54) is 0 Å². The highest BCUT2D eigenvalue weighted by Gasteiger charge is 2.11. The molecule has 0 unspecified atom stereocenters. The third-order valence-electron chi connectivity index (χ3n) is 4.01. The van der Waals surface area contributed by atoms with Crippen LogP contribution in [0.4, 0.5) is 5.69 Å². The summed E-state index contributed by atoms with van der Waals surface area (Å²) < 4.78 is 5.37. The molecule has 0 aliphatic rings. The predicted molar refractivity (Wildman–Crippen MR) is 111 cm³/mol. The van der Waals surface area contributed by atoms with Gasteiger partial charge in [-0.05, 0) is 42.8 Å². The molecule has 6 nitrogen and oxygen atoms in total. The second-order valence-corrected chi connectivity index (χ2v) is 6.17.